The van der Waals surface area contributed by atoms with Crippen LogP contribution < -0.4 is 15.0 Å². The molecule has 0 saturated heterocycles. The third-order valence-corrected chi connectivity index (χ3v) is 7.47. The van der Waals surface area contributed by atoms with Crippen molar-refractivity contribution in [1.82, 2.24) is 9.66 Å². The molecule has 7 nitrogen and oxygen atoms in total. The van der Waals surface area contributed by atoms with Crippen LogP contribution in [0.4, 0.5) is 4.39 Å². The molecular formula is C32H22ClFIN3O4. The maximum atomic E-state index is 14.2. The van der Waals surface area contributed by atoms with Crippen LogP contribution in [0.15, 0.2) is 99.2 Å². The van der Waals surface area contributed by atoms with Crippen molar-refractivity contribution in [3.63, 3.8) is 0 Å². The molecule has 0 fully saturated rings. The molecule has 2 aromatic heterocycles. The molecule has 0 unspecified atom stereocenters. The van der Waals surface area contributed by atoms with E-state index in [1.54, 1.807) is 72.9 Å². The molecule has 42 heavy (non-hydrogen) atoms. The number of rotatable bonds is 8. The Hall–Kier alpha value is -4.22. The highest BCUT2D eigenvalue weighted by molar-refractivity contribution is 14.1. The van der Waals surface area contributed by atoms with Gasteiger partial charge in [0.15, 0.2) is 17.3 Å². The third-order valence-electron chi connectivity index (χ3n) is 6.44. The number of hydrogen-bond acceptors (Lipinski definition) is 6. The standard InChI is InChI=1S/C32H22ClFIN3O4/c1-2-40-28-14-19(13-25(35)30(28)41-18-20-7-3-5-9-24(20)34)17-36-38-31(37-26-10-6-4-8-23(26)32(38)39)29-16-21-15-22(33)11-12-27(21)42-29/h3-17H,2,18H2,1H3. The molecule has 210 valence electrons. The molecule has 0 aliphatic heterocycles. The van der Waals surface area contributed by atoms with Crippen LogP contribution in [0.2, 0.25) is 5.02 Å². The Bertz CT molecular complexity index is 2040. The van der Waals surface area contributed by atoms with Crippen molar-refractivity contribution < 1.29 is 18.3 Å². The first-order chi connectivity index (χ1) is 20.4. The fourth-order valence-corrected chi connectivity index (χ4v) is 5.43. The molecule has 0 saturated carbocycles. The van der Waals surface area contributed by atoms with Gasteiger partial charge in [-0.05, 0) is 89.7 Å². The van der Waals surface area contributed by atoms with E-state index < -0.39 is 0 Å². The topological polar surface area (TPSA) is 78.9 Å². The molecule has 0 atom stereocenters. The van der Waals surface area contributed by atoms with Gasteiger partial charge in [-0.1, -0.05) is 41.9 Å². The van der Waals surface area contributed by atoms with Gasteiger partial charge in [0, 0.05) is 16.0 Å². The highest BCUT2D eigenvalue weighted by atomic mass is 127. The van der Waals surface area contributed by atoms with Crippen molar-refractivity contribution >= 4 is 62.3 Å². The van der Waals surface area contributed by atoms with Gasteiger partial charge in [-0.3, -0.25) is 4.79 Å². The summed E-state index contributed by atoms with van der Waals surface area (Å²) in [6.07, 6.45) is 1.55. The molecule has 2 heterocycles. The second-order valence-corrected chi connectivity index (χ2v) is 10.8. The minimum atomic E-state index is -0.352. The van der Waals surface area contributed by atoms with Gasteiger partial charge in [-0.15, -0.1) is 0 Å². The zero-order valence-electron chi connectivity index (χ0n) is 22.2. The van der Waals surface area contributed by atoms with Gasteiger partial charge in [0.1, 0.15) is 18.0 Å². The Labute approximate surface area is 258 Å². The lowest BCUT2D eigenvalue weighted by Crippen LogP contribution is -2.20. The normalized spacial score (nSPS) is 11.5. The van der Waals surface area contributed by atoms with E-state index in [-0.39, 0.29) is 23.8 Å². The monoisotopic (exact) mass is 693 g/mol. The largest absolute Gasteiger partial charge is 0.490 e. The van der Waals surface area contributed by atoms with Crippen LogP contribution in [0.3, 0.4) is 0 Å². The summed E-state index contributed by atoms with van der Waals surface area (Å²) in [4.78, 5) is 18.3. The number of nitrogens with zero attached hydrogens (tertiary/aromatic N) is 3. The smallest absolute Gasteiger partial charge is 0.282 e. The van der Waals surface area contributed by atoms with E-state index in [4.69, 9.17) is 30.5 Å². The number of hydrogen-bond donors (Lipinski definition) is 0. The number of halogens is 3. The zero-order chi connectivity index (χ0) is 29.2. The minimum Gasteiger partial charge on any atom is -0.490 e. The van der Waals surface area contributed by atoms with Gasteiger partial charge in [-0.2, -0.15) is 9.78 Å². The van der Waals surface area contributed by atoms with Crippen LogP contribution in [-0.4, -0.2) is 22.5 Å². The number of para-hydroxylation sites is 1. The fraction of sp³-hybridized carbons (Fsp3) is 0.0938. The van der Waals surface area contributed by atoms with Gasteiger partial charge < -0.3 is 13.9 Å². The molecular weight excluding hydrogens is 672 g/mol. The first kappa shape index (κ1) is 27.9. The Morgan fingerprint density at radius 1 is 1.05 bits per heavy atom. The highest BCUT2D eigenvalue weighted by Gasteiger charge is 2.18. The molecule has 0 bridgehead atoms. The van der Waals surface area contributed by atoms with Gasteiger partial charge in [0.05, 0.1) is 27.3 Å². The average molecular weight is 694 g/mol. The highest BCUT2D eigenvalue weighted by Crippen LogP contribution is 2.35. The van der Waals surface area contributed by atoms with Crippen LogP contribution in [0, 0.1) is 9.39 Å². The predicted octanol–water partition coefficient (Wildman–Crippen LogP) is 8.07. The van der Waals surface area contributed by atoms with E-state index >= 15 is 0 Å². The minimum absolute atomic E-state index is 0.0421. The molecule has 0 spiro atoms. The summed E-state index contributed by atoms with van der Waals surface area (Å²) in [6, 6.07) is 24.2. The maximum Gasteiger partial charge on any atom is 0.282 e. The fourth-order valence-electron chi connectivity index (χ4n) is 4.47. The summed E-state index contributed by atoms with van der Waals surface area (Å²) in [5.74, 6) is 1.23. The van der Waals surface area contributed by atoms with Crippen molar-refractivity contribution in [2.75, 3.05) is 6.61 Å². The summed E-state index contributed by atoms with van der Waals surface area (Å²) in [5.41, 5.74) is 1.87. The van der Waals surface area contributed by atoms with E-state index in [9.17, 15) is 9.18 Å². The van der Waals surface area contributed by atoms with Crippen LogP contribution >= 0.6 is 34.2 Å². The van der Waals surface area contributed by atoms with Crippen molar-refractivity contribution in [2.24, 2.45) is 5.10 Å². The van der Waals surface area contributed by atoms with Gasteiger partial charge in [0.2, 0.25) is 5.82 Å². The van der Waals surface area contributed by atoms with E-state index in [2.05, 4.69) is 27.7 Å². The van der Waals surface area contributed by atoms with Crippen LogP contribution in [0.5, 0.6) is 11.5 Å². The lowest BCUT2D eigenvalue weighted by molar-refractivity contribution is 0.264. The molecule has 6 rings (SSSR count). The third kappa shape index (κ3) is 5.62. The number of furan rings is 1. The van der Waals surface area contributed by atoms with Crippen molar-refractivity contribution in [2.45, 2.75) is 13.5 Å². The summed E-state index contributed by atoms with van der Waals surface area (Å²) in [6.45, 7) is 2.29. The molecule has 0 amide bonds. The molecule has 4 aromatic carbocycles. The van der Waals surface area contributed by atoms with Crippen molar-refractivity contribution in [1.29, 1.82) is 0 Å². The molecule has 0 N–H and O–H groups in total. The quantitative estimate of drug-likeness (QED) is 0.119. The Morgan fingerprint density at radius 2 is 1.86 bits per heavy atom. The van der Waals surface area contributed by atoms with E-state index in [1.165, 1.54) is 10.7 Å². The SMILES string of the molecule is CCOc1cc(C=Nn2c(-c3cc4cc(Cl)ccc4o3)nc3ccccc3c2=O)cc(I)c1OCc1ccccc1F. The van der Waals surface area contributed by atoms with E-state index in [0.717, 1.165) is 8.96 Å². The van der Waals surface area contributed by atoms with Gasteiger partial charge >= 0.3 is 0 Å². The maximum absolute atomic E-state index is 14.2. The van der Waals surface area contributed by atoms with Crippen molar-refractivity contribution in [3.05, 3.63) is 121 Å². The van der Waals surface area contributed by atoms with Gasteiger partial charge in [-0.25, -0.2) is 9.37 Å². The molecule has 10 heteroatoms. The van der Waals surface area contributed by atoms with E-state index in [0.29, 0.717) is 56.5 Å². The number of benzene rings is 4. The lowest BCUT2D eigenvalue weighted by Gasteiger charge is -2.15. The Kier molecular flexibility index (Phi) is 7.94. The zero-order valence-corrected chi connectivity index (χ0v) is 25.1. The average Bonchev–Trinajstić information content (AvgIpc) is 3.40. The summed E-state index contributed by atoms with van der Waals surface area (Å²) in [5, 5.41) is 6.31. The van der Waals surface area contributed by atoms with Crippen LogP contribution in [0.25, 0.3) is 33.5 Å². The second kappa shape index (κ2) is 11.9. The van der Waals surface area contributed by atoms with Gasteiger partial charge in [0.25, 0.3) is 5.56 Å². The lowest BCUT2D eigenvalue weighted by atomic mass is 10.2. The summed E-state index contributed by atoms with van der Waals surface area (Å²) < 4.78 is 34.0. The number of ether oxygens (including phenoxy) is 2. The molecule has 0 radical (unpaired) electrons. The summed E-state index contributed by atoms with van der Waals surface area (Å²) in [7, 11) is 0. The van der Waals surface area contributed by atoms with Crippen LogP contribution in [0.1, 0.15) is 18.1 Å². The number of fused-ring (bicyclic) bond motifs is 2. The van der Waals surface area contributed by atoms with E-state index in [1.807, 2.05) is 19.1 Å². The summed E-state index contributed by atoms with van der Waals surface area (Å²) >= 11 is 8.31. The Morgan fingerprint density at radius 3 is 2.69 bits per heavy atom. The Balaban J connectivity index is 1.41. The first-order valence-electron chi connectivity index (χ1n) is 13.0. The first-order valence-corrected chi connectivity index (χ1v) is 14.4. The van der Waals surface area contributed by atoms with Crippen LogP contribution in [-0.2, 0) is 6.61 Å². The number of aromatic nitrogens is 2. The van der Waals surface area contributed by atoms with Crippen molar-refractivity contribution in [3.8, 4) is 23.1 Å². The predicted molar refractivity (Wildman–Crippen MR) is 170 cm³/mol. The molecule has 0 aliphatic rings. The molecule has 6 aromatic rings. The molecule has 0 aliphatic carbocycles. The second-order valence-electron chi connectivity index (χ2n) is 9.25.